The second-order valence-corrected chi connectivity index (χ2v) is 18.7. The van der Waals surface area contributed by atoms with Crippen molar-refractivity contribution < 1.29 is 46.9 Å². The summed E-state index contributed by atoms with van der Waals surface area (Å²) < 4.78 is 61.4. The average Bonchev–Trinajstić information content (AvgIpc) is 3.79. The van der Waals surface area contributed by atoms with E-state index in [4.69, 9.17) is 40.6 Å². The van der Waals surface area contributed by atoms with Gasteiger partial charge in [-0.1, -0.05) is 19.2 Å². The second-order valence-electron chi connectivity index (χ2n) is 12.1. The van der Waals surface area contributed by atoms with Crippen molar-refractivity contribution in [3.05, 3.63) is 41.1 Å². The number of hydrogen-bond donors (Lipinski definition) is 5. The van der Waals surface area contributed by atoms with Crippen LogP contribution in [0.2, 0.25) is 0 Å². The van der Waals surface area contributed by atoms with Crippen LogP contribution in [-0.2, 0) is 52.4 Å². The van der Waals surface area contributed by atoms with Gasteiger partial charge in [-0.25, -0.2) is 28.9 Å². The average molecular weight is 809 g/mol. The number of fused-ring (bicyclic) bond motifs is 1. The first kappa shape index (κ1) is 37.4. The van der Waals surface area contributed by atoms with Crippen LogP contribution in [0.3, 0.4) is 0 Å². The number of imidazole rings is 1. The molecule has 278 valence electrons. The number of thiol groups is 1. The molecular formula is C27H35FN8O10P2S3. The molecule has 7 heterocycles. The van der Waals surface area contributed by atoms with Crippen LogP contribution >= 0.6 is 37.5 Å². The predicted molar refractivity (Wildman–Crippen MR) is 187 cm³/mol. The lowest BCUT2D eigenvalue weighted by Crippen LogP contribution is -2.35. The van der Waals surface area contributed by atoms with E-state index in [0.717, 1.165) is 28.1 Å². The number of aromatic nitrogens is 7. The number of rotatable bonds is 12. The van der Waals surface area contributed by atoms with Gasteiger partial charge in [0.05, 0.1) is 24.4 Å². The quantitative estimate of drug-likeness (QED) is 0.0782. The largest absolute Gasteiger partial charge is 0.387 e. The third-order valence-corrected chi connectivity index (χ3v) is 12.3. The number of aliphatic hydroxyl groups is 1. The maximum absolute atomic E-state index is 16.2. The third-order valence-electron chi connectivity index (χ3n) is 8.85. The summed E-state index contributed by atoms with van der Waals surface area (Å²) in [6.07, 6.45) is -3.42. The van der Waals surface area contributed by atoms with Gasteiger partial charge in [-0.15, -0.1) is 11.8 Å². The Morgan fingerprint density at radius 3 is 2.65 bits per heavy atom. The van der Waals surface area contributed by atoms with Crippen LogP contribution in [0.15, 0.2) is 35.0 Å². The van der Waals surface area contributed by atoms with Crippen LogP contribution in [0.1, 0.15) is 37.8 Å². The SMILES string of the molecule is CC[C@H]1O[C@@H](n2cnc3c(=O)n(CCN)cnc32)[C@H](OP(O)(=S)OC[C@H]2O[C@@H](n3cc4c5c(ncnc53)SCCC4)[C@H](F)[C@@H]2OP(=O)(O)S)[C@@H]1O. The Morgan fingerprint density at radius 1 is 1.12 bits per heavy atom. The van der Waals surface area contributed by atoms with E-state index in [1.165, 1.54) is 32.7 Å². The molecule has 3 aliphatic heterocycles. The predicted octanol–water partition coefficient (Wildman–Crippen LogP) is 1.97. The minimum absolute atomic E-state index is 0.0220. The molecule has 51 heavy (non-hydrogen) atoms. The Balaban J connectivity index is 1.13. The van der Waals surface area contributed by atoms with Gasteiger partial charge in [0.15, 0.2) is 29.8 Å². The summed E-state index contributed by atoms with van der Waals surface area (Å²) in [5.41, 5.74) is 6.62. The molecule has 2 fully saturated rings. The van der Waals surface area contributed by atoms with Crippen LogP contribution < -0.4 is 11.3 Å². The molecule has 0 radical (unpaired) electrons. The number of alkyl halides is 1. The molecule has 0 aromatic carbocycles. The molecule has 0 saturated carbocycles. The van der Waals surface area contributed by atoms with Crippen molar-refractivity contribution in [1.29, 1.82) is 0 Å². The molecule has 24 heteroatoms. The molecule has 3 aliphatic rings. The van der Waals surface area contributed by atoms with Gasteiger partial charge in [-0.05, 0) is 42.4 Å². The highest BCUT2D eigenvalue weighted by Gasteiger charge is 2.52. The van der Waals surface area contributed by atoms with Crippen molar-refractivity contribution in [2.45, 2.75) is 86.9 Å². The van der Waals surface area contributed by atoms with Crippen molar-refractivity contribution >= 4 is 71.5 Å². The normalized spacial score (nSPS) is 30.5. The van der Waals surface area contributed by atoms with E-state index in [-0.39, 0.29) is 24.3 Å². The minimum atomic E-state index is -4.56. The van der Waals surface area contributed by atoms with Crippen molar-refractivity contribution in [1.82, 2.24) is 33.6 Å². The zero-order chi connectivity index (χ0) is 36.2. The molecule has 4 aromatic rings. The van der Waals surface area contributed by atoms with Gasteiger partial charge in [0, 0.05) is 19.3 Å². The first-order valence-electron chi connectivity index (χ1n) is 15.9. The number of nitrogens with zero attached hydrogens (tertiary/aromatic N) is 7. The topological polar surface area (TPSA) is 233 Å². The van der Waals surface area contributed by atoms with Gasteiger partial charge in [-0.2, -0.15) is 0 Å². The Morgan fingerprint density at radius 2 is 1.90 bits per heavy atom. The molecule has 5 N–H and O–H groups in total. The Kier molecular flexibility index (Phi) is 10.8. The van der Waals surface area contributed by atoms with Gasteiger partial charge in [-0.3, -0.25) is 23.0 Å². The molecule has 10 atom stereocenters. The maximum Gasteiger partial charge on any atom is 0.384 e. The smallest absolute Gasteiger partial charge is 0.384 e. The van der Waals surface area contributed by atoms with E-state index < -0.39 is 74.8 Å². The lowest BCUT2D eigenvalue weighted by molar-refractivity contribution is -0.0499. The monoisotopic (exact) mass is 808 g/mol. The van der Waals surface area contributed by atoms with Crippen LogP contribution in [0.5, 0.6) is 0 Å². The molecule has 0 bridgehead atoms. The van der Waals surface area contributed by atoms with Crippen molar-refractivity contribution in [3.8, 4) is 0 Å². The first-order valence-corrected chi connectivity index (χ1v) is 22.2. The van der Waals surface area contributed by atoms with Crippen LogP contribution in [0, 0.1) is 0 Å². The van der Waals surface area contributed by atoms with E-state index in [1.54, 1.807) is 24.9 Å². The molecule has 4 aromatic heterocycles. The van der Waals surface area contributed by atoms with Gasteiger partial charge in [0.2, 0.25) is 0 Å². The number of halogens is 1. The standard InChI is InChI=1S/C27H35FN8O10P2S3/c1-2-14-19(37)21(27(43-14)36-12-32-18-23(36)33-11-34(6-5-29)25(18)38)46-48(41,50)42-9-15-20(45-47(39,40)49)17(28)26(44-15)35-8-13-4-3-7-51-24-16(13)22(35)30-10-31-24/h8,10-12,14-15,17,19-21,26-27,37H,2-7,9,29H2,1H3,(H,41,50)(H2,39,40,49)/t14-,15-,17-,19-,20-,21-,26-,27-,48?/m1/s1. The van der Waals surface area contributed by atoms with E-state index in [9.17, 15) is 24.3 Å². The summed E-state index contributed by atoms with van der Waals surface area (Å²) in [5.74, 6) is 0.862. The third kappa shape index (κ3) is 7.34. The number of aliphatic hydroxyl groups excluding tert-OH is 1. The number of nitrogens with two attached hydrogens (primary N) is 1. The van der Waals surface area contributed by atoms with E-state index >= 15 is 4.39 Å². The fraction of sp³-hybridized carbons (Fsp3) is 0.593. The molecule has 0 aliphatic carbocycles. The summed E-state index contributed by atoms with van der Waals surface area (Å²) >= 11 is 10.5. The zero-order valence-electron chi connectivity index (χ0n) is 26.8. The number of aryl methyl sites for hydroxylation is 1. The summed E-state index contributed by atoms with van der Waals surface area (Å²) in [7, 11) is 0. The second kappa shape index (κ2) is 14.7. The van der Waals surface area contributed by atoms with Crippen molar-refractivity contribution in [2.24, 2.45) is 5.73 Å². The van der Waals surface area contributed by atoms with Gasteiger partial charge >= 0.3 is 13.5 Å². The highest BCUT2D eigenvalue weighted by atomic mass is 32.7. The lowest BCUT2D eigenvalue weighted by atomic mass is 10.1. The summed E-state index contributed by atoms with van der Waals surface area (Å²) in [6, 6.07) is 0. The van der Waals surface area contributed by atoms with Crippen molar-refractivity contribution in [3.63, 3.8) is 0 Å². The van der Waals surface area contributed by atoms with Crippen LogP contribution in [0.25, 0.3) is 22.2 Å². The molecule has 18 nitrogen and oxygen atoms in total. The molecular weight excluding hydrogens is 773 g/mol. The molecule has 2 saturated heterocycles. The minimum Gasteiger partial charge on any atom is -0.387 e. The highest BCUT2D eigenvalue weighted by molar-refractivity contribution is 8.44. The van der Waals surface area contributed by atoms with E-state index in [0.29, 0.717) is 18.5 Å². The van der Waals surface area contributed by atoms with Gasteiger partial charge in [0.25, 0.3) is 5.56 Å². The number of hydrogen-bond acceptors (Lipinski definition) is 15. The van der Waals surface area contributed by atoms with Crippen LogP contribution in [0.4, 0.5) is 4.39 Å². The molecule has 0 amide bonds. The number of thioether (sulfide) groups is 1. The first-order chi connectivity index (χ1) is 24.3. The zero-order valence-corrected chi connectivity index (χ0v) is 31.1. The van der Waals surface area contributed by atoms with E-state index in [2.05, 4.69) is 32.2 Å². The fourth-order valence-corrected chi connectivity index (χ4v) is 9.85. The molecule has 2 unspecified atom stereocenters. The van der Waals surface area contributed by atoms with E-state index in [1.807, 2.05) is 0 Å². The lowest BCUT2D eigenvalue weighted by Gasteiger charge is -2.27. The van der Waals surface area contributed by atoms with Gasteiger partial charge < -0.3 is 39.2 Å². The summed E-state index contributed by atoms with van der Waals surface area (Å²) in [4.78, 5) is 51.4. The molecule has 7 rings (SSSR count). The summed E-state index contributed by atoms with van der Waals surface area (Å²) in [6.45, 7) is -7.31. The highest BCUT2D eigenvalue weighted by Crippen LogP contribution is 2.54. The molecule has 0 spiro atoms. The number of ether oxygens (including phenoxy) is 2. The van der Waals surface area contributed by atoms with Crippen LogP contribution in [-0.4, -0.2) is 104 Å². The summed E-state index contributed by atoms with van der Waals surface area (Å²) in [5, 5.41) is 12.7. The Hall–Kier alpha value is -1.88. The van der Waals surface area contributed by atoms with Gasteiger partial charge in [0.1, 0.15) is 47.7 Å². The van der Waals surface area contributed by atoms with Crippen molar-refractivity contribution in [2.75, 3.05) is 18.9 Å². The maximum atomic E-state index is 16.2. The fourth-order valence-electron chi connectivity index (χ4n) is 6.57. The Labute approximate surface area is 303 Å². The Bertz CT molecular complexity index is 2080.